The highest BCUT2D eigenvalue weighted by Gasteiger charge is 2.11. The first-order valence-corrected chi connectivity index (χ1v) is 8.76. The van der Waals surface area contributed by atoms with Gasteiger partial charge >= 0.3 is 0 Å². The average molecular weight is 344 g/mol. The molecule has 3 rings (SSSR count). The lowest BCUT2D eigenvalue weighted by molar-refractivity contribution is 0.0198. The van der Waals surface area contributed by atoms with Gasteiger partial charge in [0.1, 0.15) is 4.83 Å². The summed E-state index contributed by atoms with van der Waals surface area (Å²) < 4.78 is 6.97. The summed E-state index contributed by atoms with van der Waals surface area (Å²) >= 11 is 1.54. The van der Waals surface area contributed by atoms with Crippen molar-refractivity contribution in [2.45, 2.75) is 32.6 Å². The molecule has 5 nitrogen and oxygen atoms in total. The Hall–Kier alpha value is -2.02. The van der Waals surface area contributed by atoms with E-state index in [2.05, 4.69) is 11.9 Å². The highest BCUT2D eigenvalue weighted by Crippen LogP contribution is 2.20. The zero-order valence-electron chi connectivity index (χ0n) is 13.5. The van der Waals surface area contributed by atoms with Gasteiger partial charge < -0.3 is 9.84 Å². The minimum atomic E-state index is -0.755. The van der Waals surface area contributed by atoms with Crippen LogP contribution in [0, 0.1) is 0 Å². The normalized spacial score (nSPS) is 12.6. The van der Waals surface area contributed by atoms with Crippen molar-refractivity contribution in [2.75, 3.05) is 6.61 Å². The minimum Gasteiger partial charge on any atom is -0.389 e. The third-order valence-corrected chi connectivity index (χ3v) is 4.93. The standard InChI is InChI=1S/C18H20N2O3S/c1-2-15-8-16-17(24-15)19-12-20(18(16)22)9-14(21)11-23-10-13-6-4-3-5-7-13/h3-8,12,14,21H,2,9-11H2,1H3/t14-/m1/s1. The van der Waals surface area contributed by atoms with Crippen molar-refractivity contribution in [2.24, 2.45) is 0 Å². The number of hydrogen-bond acceptors (Lipinski definition) is 5. The molecule has 1 atom stereocenters. The van der Waals surface area contributed by atoms with Crippen molar-refractivity contribution < 1.29 is 9.84 Å². The van der Waals surface area contributed by atoms with Crippen molar-refractivity contribution in [3.05, 3.63) is 63.5 Å². The molecule has 1 N–H and O–H groups in total. The van der Waals surface area contributed by atoms with E-state index in [9.17, 15) is 9.90 Å². The van der Waals surface area contributed by atoms with Crippen LogP contribution in [0.3, 0.4) is 0 Å². The predicted octanol–water partition coefficient (Wildman–Crippen LogP) is 2.60. The van der Waals surface area contributed by atoms with E-state index in [0.717, 1.165) is 21.7 Å². The molecule has 0 fully saturated rings. The fraction of sp³-hybridized carbons (Fsp3) is 0.333. The number of ether oxygens (including phenoxy) is 1. The first-order chi connectivity index (χ1) is 11.7. The number of aliphatic hydroxyl groups is 1. The number of aromatic nitrogens is 2. The summed E-state index contributed by atoms with van der Waals surface area (Å²) in [6.07, 6.45) is 1.63. The fourth-order valence-corrected chi connectivity index (χ4v) is 3.41. The molecule has 1 aromatic carbocycles. The Labute approximate surface area is 144 Å². The number of thiophene rings is 1. The Morgan fingerprint density at radius 3 is 2.88 bits per heavy atom. The van der Waals surface area contributed by atoms with Crippen LogP contribution >= 0.6 is 11.3 Å². The smallest absolute Gasteiger partial charge is 0.262 e. The maximum atomic E-state index is 12.5. The Morgan fingerprint density at radius 2 is 2.12 bits per heavy atom. The number of hydrogen-bond donors (Lipinski definition) is 1. The number of fused-ring (bicyclic) bond motifs is 1. The second-order valence-electron chi connectivity index (χ2n) is 5.64. The van der Waals surface area contributed by atoms with Gasteiger partial charge in [-0.15, -0.1) is 11.3 Å². The van der Waals surface area contributed by atoms with E-state index in [-0.39, 0.29) is 18.7 Å². The summed E-state index contributed by atoms with van der Waals surface area (Å²) in [6.45, 7) is 2.84. The van der Waals surface area contributed by atoms with Gasteiger partial charge in [0.25, 0.3) is 5.56 Å². The molecule has 0 radical (unpaired) electrons. The van der Waals surface area contributed by atoms with Crippen LogP contribution in [-0.4, -0.2) is 27.4 Å². The molecule has 0 aliphatic heterocycles. The van der Waals surface area contributed by atoms with Gasteiger partial charge in [-0.3, -0.25) is 9.36 Å². The van der Waals surface area contributed by atoms with Crippen molar-refractivity contribution in [3.8, 4) is 0 Å². The highest BCUT2D eigenvalue weighted by molar-refractivity contribution is 7.18. The first kappa shape index (κ1) is 16.8. The maximum Gasteiger partial charge on any atom is 0.262 e. The molecular formula is C18H20N2O3S. The van der Waals surface area contributed by atoms with Crippen molar-refractivity contribution in [1.82, 2.24) is 9.55 Å². The molecule has 0 saturated carbocycles. The molecule has 0 saturated heterocycles. The van der Waals surface area contributed by atoms with Crippen LogP contribution in [0.4, 0.5) is 0 Å². The molecule has 0 unspecified atom stereocenters. The summed E-state index contributed by atoms with van der Waals surface area (Å²) in [5, 5.41) is 10.7. The molecular weight excluding hydrogens is 324 g/mol. The monoisotopic (exact) mass is 344 g/mol. The molecule has 3 aromatic rings. The van der Waals surface area contributed by atoms with Gasteiger partial charge in [-0.05, 0) is 18.1 Å². The van der Waals surface area contributed by atoms with E-state index in [1.54, 1.807) is 0 Å². The molecule has 0 aliphatic carbocycles. The molecule has 2 aromatic heterocycles. The molecule has 6 heteroatoms. The van der Waals surface area contributed by atoms with E-state index in [1.165, 1.54) is 22.2 Å². The summed E-state index contributed by atoms with van der Waals surface area (Å²) in [4.78, 5) is 18.7. The molecule has 0 aliphatic rings. The van der Waals surface area contributed by atoms with Gasteiger partial charge in [0.15, 0.2) is 0 Å². The summed E-state index contributed by atoms with van der Waals surface area (Å²) in [5.74, 6) is 0. The third kappa shape index (κ3) is 3.90. The van der Waals surface area contributed by atoms with Crippen molar-refractivity contribution in [1.29, 1.82) is 0 Å². The molecule has 0 amide bonds. The average Bonchev–Trinajstić information content (AvgIpc) is 3.03. The Bertz CT molecular complexity index is 858. The van der Waals surface area contributed by atoms with Gasteiger partial charge in [0, 0.05) is 4.88 Å². The van der Waals surface area contributed by atoms with Crippen molar-refractivity contribution >= 4 is 21.6 Å². The van der Waals surface area contributed by atoms with Crippen LogP contribution in [0.5, 0.6) is 0 Å². The van der Waals surface area contributed by atoms with Gasteiger partial charge in [-0.2, -0.15) is 0 Å². The lowest BCUT2D eigenvalue weighted by atomic mass is 10.2. The maximum absolute atomic E-state index is 12.5. The summed E-state index contributed by atoms with van der Waals surface area (Å²) in [5.41, 5.74) is 0.938. The minimum absolute atomic E-state index is 0.113. The summed E-state index contributed by atoms with van der Waals surface area (Å²) in [7, 11) is 0. The molecule has 0 bridgehead atoms. The largest absolute Gasteiger partial charge is 0.389 e. The quantitative estimate of drug-likeness (QED) is 0.715. The molecule has 0 spiro atoms. The molecule has 126 valence electrons. The van der Waals surface area contributed by atoms with E-state index in [4.69, 9.17) is 4.74 Å². The zero-order valence-corrected chi connectivity index (χ0v) is 14.3. The topological polar surface area (TPSA) is 64.4 Å². The number of benzene rings is 1. The molecule has 2 heterocycles. The number of aliphatic hydroxyl groups excluding tert-OH is 1. The van der Waals surface area contributed by atoms with Gasteiger partial charge in [-0.25, -0.2) is 4.98 Å². The van der Waals surface area contributed by atoms with E-state index < -0.39 is 6.10 Å². The van der Waals surface area contributed by atoms with Crippen LogP contribution in [0.2, 0.25) is 0 Å². The highest BCUT2D eigenvalue weighted by atomic mass is 32.1. The van der Waals surface area contributed by atoms with Crippen LogP contribution in [0.15, 0.2) is 47.5 Å². The van der Waals surface area contributed by atoms with Gasteiger partial charge in [0.05, 0.1) is 37.6 Å². The predicted molar refractivity (Wildman–Crippen MR) is 95.4 cm³/mol. The van der Waals surface area contributed by atoms with Crippen LogP contribution in [0.1, 0.15) is 17.4 Å². The van der Waals surface area contributed by atoms with Gasteiger partial charge in [-0.1, -0.05) is 37.3 Å². The van der Waals surface area contributed by atoms with Crippen LogP contribution in [0.25, 0.3) is 10.2 Å². The Kier molecular flexibility index (Phi) is 5.40. The fourth-order valence-electron chi connectivity index (χ4n) is 2.48. The summed E-state index contributed by atoms with van der Waals surface area (Å²) in [6, 6.07) is 11.7. The number of nitrogens with zero attached hydrogens (tertiary/aromatic N) is 2. The first-order valence-electron chi connectivity index (χ1n) is 7.95. The lowest BCUT2D eigenvalue weighted by Gasteiger charge is -2.13. The third-order valence-electron chi connectivity index (χ3n) is 3.75. The van der Waals surface area contributed by atoms with Crippen molar-refractivity contribution in [3.63, 3.8) is 0 Å². The number of rotatable bonds is 7. The van der Waals surface area contributed by atoms with Gasteiger partial charge in [0.2, 0.25) is 0 Å². The second kappa shape index (κ2) is 7.70. The van der Waals surface area contributed by atoms with E-state index >= 15 is 0 Å². The Morgan fingerprint density at radius 1 is 1.33 bits per heavy atom. The Balaban J connectivity index is 1.61. The molecule has 24 heavy (non-hydrogen) atoms. The van der Waals surface area contributed by atoms with E-state index in [1.807, 2.05) is 36.4 Å². The van der Waals surface area contributed by atoms with E-state index in [0.29, 0.717) is 12.0 Å². The van der Waals surface area contributed by atoms with Crippen LogP contribution < -0.4 is 5.56 Å². The number of aryl methyl sites for hydroxylation is 1. The second-order valence-corrected chi connectivity index (χ2v) is 6.76. The zero-order chi connectivity index (χ0) is 16.9. The lowest BCUT2D eigenvalue weighted by Crippen LogP contribution is -2.29. The van der Waals surface area contributed by atoms with Crippen LogP contribution in [-0.2, 0) is 24.3 Å². The SMILES string of the molecule is CCc1cc2c(=O)n(C[C@@H](O)COCc3ccccc3)cnc2s1.